The standard InChI is InChI=1S/C22H26N6O3/c1-27(2)20(29)17-11-15-13-24-22(25-18-10-9-14(12-23-18)21(30)31-3)26-19(15)28(17)16-7-5-4-6-8-16/h9-13,16H,4-8H2,1-3H3,(H,23,24,25,26). The summed E-state index contributed by atoms with van der Waals surface area (Å²) in [6.45, 7) is 0. The molecule has 31 heavy (non-hydrogen) atoms. The molecule has 0 bridgehead atoms. The summed E-state index contributed by atoms with van der Waals surface area (Å²) in [4.78, 5) is 39.4. The summed E-state index contributed by atoms with van der Waals surface area (Å²) in [5.41, 5.74) is 1.74. The van der Waals surface area contributed by atoms with Crippen LogP contribution < -0.4 is 5.32 Å². The van der Waals surface area contributed by atoms with Crippen LogP contribution in [0.3, 0.4) is 0 Å². The Kier molecular flexibility index (Phi) is 5.83. The quantitative estimate of drug-likeness (QED) is 0.627. The van der Waals surface area contributed by atoms with E-state index in [2.05, 4.69) is 19.9 Å². The molecule has 1 N–H and O–H groups in total. The Morgan fingerprint density at radius 1 is 1.13 bits per heavy atom. The number of fused-ring (bicyclic) bond motifs is 1. The molecular weight excluding hydrogens is 396 g/mol. The van der Waals surface area contributed by atoms with E-state index >= 15 is 0 Å². The molecule has 0 spiro atoms. The van der Waals surface area contributed by atoms with Gasteiger partial charge >= 0.3 is 5.97 Å². The van der Waals surface area contributed by atoms with E-state index in [0.717, 1.165) is 36.7 Å². The van der Waals surface area contributed by atoms with Crippen molar-refractivity contribution >= 4 is 34.7 Å². The first-order chi connectivity index (χ1) is 15.0. The summed E-state index contributed by atoms with van der Waals surface area (Å²) >= 11 is 0. The molecule has 1 aliphatic rings. The first-order valence-electron chi connectivity index (χ1n) is 10.4. The Hall–Kier alpha value is -3.49. The lowest BCUT2D eigenvalue weighted by Gasteiger charge is -2.26. The molecule has 1 fully saturated rings. The van der Waals surface area contributed by atoms with Crippen LogP contribution in [0.4, 0.5) is 11.8 Å². The molecule has 3 aromatic rings. The molecule has 1 aliphatic carbocycles. The van der Waals surface area contributed by atoms with E-state index < -0.39 is 5.97 Å². The molecule has 0 atom stereocenters. The third-order valence-electron chi connectivity index (χ3n) is 5.57. The SMILES string of the molecule is COC(=O)c1ccc(Nc2ncc3cc(C(=O)N(C)C)n(C4CCCCC4)c3n2)nc1. The average molecular weight is 422 g/mol. The topological polar surface area (TPSA) is 102 Å². The molecule has 0 unspecified atom stereocenters. The van der Waals surface area contributed by atoms with Crippen molar-refractivity contribution in [3.05, 3.63) is 41.9 Å². The lowest BCUT2D eigenvalue weighted by atomic mass is 9.95. The molecule has 0 saturated heterocycles. The lowest BCUT2D eigenvalue weighted by Crippen LogP contribution is -2.26. The number of amides is 1. The zero-order valence-corrected chi connectivity index (χ0v) is 18.0. The van der Waals surface area contributed by atoms with Crippen molar-refractivity contribution in [2.45, 2.75) is 38.1 Å². The zero-order valence-electron chi connectivity index (χ0n) is 18.0. The van der Waals surface area contributed by atoms with Crippen molar-refractivity contribution in [1.82, 2.24) is 24.4 Å². The fourth-order valence-corrected chi connectivity index (χ4v) is 3.99. The van der Waals surface area contributed by atoms with E-state index in [0.29, 0.717) is 23.0 Å². The third kappa shape index (κ3) is 4.21. The second-order valence-electron chi connectivity index (χ2n) is 7.91. The van der Waals surface area contributed by atoms with Gasteiger partial charge in [-0.05, 0) is 31.0 Å². The molecule has 9 nitrogen and oxygen atoms in total. The maximum absolute atomic E-state index is 12.9. The molecule has 0 radical (unpaired) electrons. The number of hydrogen-bond donors (Lipinski definition) is 1. The second kappa shape index (κ2) is 8.71. The highest BCUT2D eigenvalue weighted by Gasteiger charge is 2.25. The Balaban J connectivity index is 1.70. The van der Waals surface area contributed by atoms with Crippen LogP contribution in [0.2, 0.25) is 0 Å². The number of carbonyl (C=O) groups is 2. The molecule has 9 heteroatoms. The largest absolute Gasteiger partial charge is 0.465 e. The molecule has 3 aromatic heterocycles. The molecule has 4 rings (SSSR count). The summed E-state index contributed by atoms with van der Waals surface area (Å²) in [7, 11) is 4.84. The maximum Gasteiger partial charge on any atom is 0.339 e. The van der Waals surface area contributed by atoms with Gasteiger partial charge in [0, 0.05) is 37.9 Å². The number of hydrogen-bond acceptors (Lipinski definition) is 7. The van der Waals surface area contributed by atoms with Gasteiger partial charge in [0.25, 0.3) is 5.91 Å². The molecule has 1 amide bonds. The van der Waals surface area contributed by atoms with E-state index in [-0.39, 0.29) is 11.9 Å². The van der Waals surface area contributed by atoms with Crippen molar-refractivity contribution in [2.24, 2.45) is 0 Å². The molecular formula is C22H26N6O3. The van der Waals surface area contributed by atoms with Crippen molar-refractivity contribution in [3.8, 4) is 0 Å². The van der Waals surface area contributed by atoms with Crippen LogP contribution >= 0.6 is 0 Å². The minimum atomic E-state index is -0.444. The maximum atomic E-state index is 12.9. The lowest BCUT2D eigenvalue weighted by molar-refractivity contribution is 0.0600. The summed E-state index contributed by atoms with van der Waals surface area (Å²) in [6.07, 6.45) is 8.73. The number of esters is 1. The monoisotopic (exact) mass is 422 g/mol. The van der Waals surface area contributed by atoms with E-state index in [1.54, 1.807) is 37.3 Å². The average Bonchev–Trinajstić information content (AvgIpc) is 3.17. The van der Waals surface area contributed by atoms with E-state index in [9.17, 15) is 9.59 Å². The first kappa shape index (κ1) is 20.8. The number of nitrogens with zero attached hydrogens (tertiary/aromatic N) is 5. The highest BCUT2D eigenvalue weighted by molar-refractivity contribution is 5.98. The number of aromatic nitrogens is 4. The number of ether oxygens (including phenoxy) is 1. The Morgan fingerprint density at radius 3 is 2.55 bits per heavy atom. The van der Waals surface area contributed by atoms with Crippen molar-refractivity contribution in [1.29, 1.82) is 0 Å². The highest BCUT2D eigenvalue weighted by atomic mass is 16.5. The summed E-state index contributed by atoms with van der Waals surface area (Å²) in [5.74, 6) is 0.399. The van der Waals surface area contributed by atoms with E-state index in [1.165, 1.54) is 19.7 Å². The number of methoxy groups -OCH3 is 1. The van der Waals surface area contributed by atoms with Gasteiger partial charge in [-0.15, -0.1) is 0 Å². The summed E-state index contributed by atoms with van der Waals surface area (Å²) in [6, 6.07) is 5.41. The van der Waals surface area contributed by atoms with E-state index in [1.807, 2.05) is 6.07 Å². The normalized spacial score (nSPS) is 14.4. The van der Waals surface area contributed by atoms with Crippen LogP contribution in [0.15, 0.2) is 30.6 Å². The van der Waals surface area contributed by atoms with Crippen LogP contribution in [0.5, 0.6) is 0 Å². The van der Waals surface area contributed by atoms with Gasteiger partial charge in [-0.3, -0.25) is 4.79 Å². The van der Waals surface area contributed by atoms with Crippen molar-refractivity contribution in [2.75, 3.05) is 26.5 Å². The summed E-state index contributed by atoms with van der Waals surface area (Å²) < 4.78 is 6.77. The fraction of sp³-hybridized carbons (Fsp3) is 0.409. The first-order valence-corrected chi connectivity index (χ1v) is 10.4. The predicted molar refractivity (Wildman–Crippen MR) is 117 cm³/mol. The van der Waals surface area contributed by atoms with Gasteiger partial charge in [0.1, 0.15) is 17.2 Å². The minimum Gasteiger partial charge on any atom is -0.465 e. The van der Waals surface area contributed by atoms with Gasteiger partial charge in [-0.1, -0.05) is 19.3 Å². The van der Waals surface area contributed by atoms with Gasteiger partial charge in [0.2, 0.25) is 5.95 Å². The number of anilines is 2. The Labute approximate surface area is 180 Å². The number of rotatable bonds is 5. The highest BCUT2D eigenvalue weighted by Crippen LogP contribution is 2.33. The summed E-state index contributed by atoms with van der Waals surface area (Å²) in [5, 5.41) is 3.91. The third-order valence-corrected chi connectivity index (χ3v) is 5.57. The Morgan fingerprint density at radius 2 is 1.90 bits per heavy atom. The number of carbonyl (C=O) groups excluding carboxylic acids is 2. The molecule has 3 heterocycles. The van der Waals surface area contributed by atoms with Crippen LogP contribution in [0.25, 0.3) is 11.0 Å². The van der Waals surface area contributed by atoms with Gasteiger partial charge in [0.05, 0.1) is 12.7 Å². The smallest absolute Gasteiger partial charge is 0.339 e. The van der Waals surface area contributed by atoms with Crippen LogP contribution in [-0.2, 0) is 4.74 Å². The molecule has 0 aromatic carbocycles. The van der Waals surface area contributed by atoms with Crippen molar-refractivity contribution < 1.29 is 14.3 Å². The van der Waals surface area contributed by atoms with Gasteiger partial charge in [-0.25, -0.2) is 14.8 Å². The Bertz CT molecular complexity index is 1100. The van der Waals surface area contributed by atoms with Gasteiger partial charge in [-0.2, -0.15) is 4.98 Å². The van der Waals surface area contributed by atoms with Gasteiger partial charge < -0.3 is 19.5 Å². The predicted octanol–water partition coefficient (Wildman–Crippen LogP) is 3.56. The number of nitrogens with one attached hydrogen (secondary N) is 1. The molecule has 1 saturated carbocycles. The molecule has 162 valence electrons. The van der Waals surface area contributed by atoms with Crippen LogP contribution in [-0.4, -0.2) is 57.5 Å². The minimum absolute atomic E-state index is 0.0434. The van der Waals surface area contributed by atoms with Gasteiger partial charge in [0.15, 0.2) is 0 Å². The second-order valence-corrected chi connectivity index (χ2v) is 7.91. The van der Waals surface area contributed by atoms with Crippen LogP contribution in [0, 0.1) is 0 Å². The van der Waals surface area contributed by atoms with Crippen LogP contribution in [0.1, 0.15) is 59.0 Å². The zero-order chi connectivity index (χ0) is 22.0. The van der Waals surface area contributed by atoms with Crippen molar-refractivity contribution in [3.63, 3.8) is 0 Å². The number of pyridine rings is 1. The van der Waals surface area contributed by atoms with E-state index in [4.69, 9.17) is 9.72 Å². The molecule has 0 aliphatic heterocycles. The fourth-order valence-electron chi connectivity index (χ4n) is 3.99.